The van der Waals surface area contributed by atoms with E-state index in [0.717, 1.165) is 83.5 Å². The van der Waals surface area contributed by atoms with Gasteiger partial charge in [0.1, 0.15) is 13.2 Å². The van der Waals surface area contributed by atoms with Gasteiger partial charge in [-0.1, -0.05) is 392 Å². The van der Waals surface area contributed by atoms with Crippen molar-refractivity contribution in [2.45, 2.75) is 438 Å². The lowest BCUT2D eigenvalue weighted by Crippen LogP contribution is -2.30. The molecule has 0 spiro atoms. The van der Waals surface area contributed by atoms with Crippen molar-refractivity contribution in [3.63, 3.8) is 0 Å². The molecule has 1 unspecified atom stereocenters. The Labute approximate surface area is 519 Å². The van der Waals surface area contributed by atoms with Crippen molar-refractivity contribution in [3.8, 4) is 0 Å². The Morgan fingerprint density at radius 1 is 0.241 bits per heavy atom. The zero-order valence-corrected chi connectivity index (χ0v) is 56.5. The van der Waals surface area contributed by atoms with Gasteiger partial charge in [-0.2, -0.15) is 0 Å². The van der Waals surface area contributed by atoms with Crippen LogP contribution in [-0.4, -0.2) is 37.2 Å². The largest absolute Gasteiger partial charge is 0.462 e. The minimum Gasteiger partial charge on any atom is -0.462 e. The second-order valence-corrected chi connectivity index (χ2v) is 25.9. The maximum atomic E-state index is 12.9. The third kappa shape index (κ3) is 70.5. The maximum Gasteiger partial charge on any atom is 0.306 e. The van der Waals surface area contributed by atoms with Crippen molar-refractivity contribution in [3.05, 3.63) is 24.3 Å². The quantitative estimate of drug-likeness (QED) is 0.0261. The van der Waals surface area contributed by atoms with Gasteiger partial charge in [0.2, 0.25) is 0 Å². The summed E-state index contributed by atoms with van der Waals surface area (Å²) >= 11 is 0. The van der Waals surface area contributed by atoms with Crippen LogP contribution in [-0.2, 0) is 28.6 Å². The Bertz CT molecular complexity index is 1340. The van der Waals surface area contributed by atoms with Crippen LogP contribution in [0.25, 0.3) is 0 Å². The fourth-order valence-corrected chi connectivity index (χ4v) is 11.8. The monoisotopic (exact) mass is 1170 g/mol. The second kappa shape index (κ2) is 72.4. The molecule has 1 atom stereocenters. The number of esters is 3. The van der Waals surface area contributed by atoms with Crippen LogP contribution in [0.5, 0.6) is 0 Å². The van der Waals surface area contributed by atoms with Crippen molar-refractivity contribution in [1.29, 1.82) is 0 Å². The van der Waals surface area contributed by atoms with Gasteiger partial charge >= 0.3 is 17.9 Å². The Balaban J connectivity index is 4.04. The van der Waals surface area contributed by atoms with Gasteiger partial charge in [-0.15, -0.1) is 0 Å². The van der Waals surface area contributed by atoms with E-state index in [9.17, 15) is 14.4 Å². The fourth-order valence-electron chi connectivity index (χ4n) is 11.8. The molecule has 0 aliphatic rings. The molecular formula is C77H146O6. The summed E-state index contributed by atoms with van der Waals surface area (Å²) in [6.45, 7) is 6.65. The lowest BCUT2D eigenvalue weighted by atomic mass is 10.0. The number of hydrogen-bond donors (Lipinski definition) is 0. The van der Waals surface area contributed by atoms with Gasteiger partial charge < -0.3 is 14.2 Å². The van der Waals surface area contributed by atoms with E-state index in [2.05, 4.69) is 45.1 Å². The minimum atomic E-state index is -0.774. The number of unbranched alkanes of at least 4 members (excludes halogenated alkanes) is 56. The summed E-state index contributed by atoms with van der Waals surface area (Å²) in [6, 6.07) is 0. The highest BCUT2D eigenvalue weighted by Gasteiger charge is 2.20. The van der Waals surface area contributed by atoms with E-state index in [-0.39, 0.29) is 31.1 Å². The first-order chi connectivity index (χ1) is 41.0. The molecule has 6 nitrogen and oxygen atoms in total. The van der Waals surface area contributed by atoms with Crippen LogP contribution in [0.4, 0.5) is 0 Å². The smallest absolute Gasteiger partial charge is 0.306 e. The van der Waals surface area contributed by atoms with Crippen molar-refractivity contribution < 1.29 is 28.6 Å². The molecule has 0 aliphatic carbocycles. The third-order valence-electron chi connectivity index (χ3n) is 17.4. The summed E-state index contributed by atoms with van der Waals surface area (Å²) in [6.07, 6.45) is 89.7. The predicted octanol–water partition coefficient (Wildman–Crippen LogP) is 26.1. The van der Waals surface area contributed by atoms with Crippen LogP contribution < -0.4 is 0 Å². The highest BCUT2D eigenvalue weighted by atomic mass is 16.6. The molecule has 0 aromatic heterocycles. The summed E-state index contributed by atoms with van der Waals surface area (Å²) in [5.74, 6) is -0.852. The predicted molar refractivity (Wildman–Crippen MR) is 363 cm³/mol. The molecule has 0 N–H and O–H groups in total. The van der Waals surface area contributed by atoms with E-state index in [1.807, 2.05) is 0 Å². The van der Waals surface area contributed by atoms with Gasteiger partial charge in [0, 0.05) is 19.3 Å². The molecule has 0 bridgehead atoms. The average molecular weight is 1170 g/mol. The van der Waals surface area contributed by atoms with Gasteiger partial charge in [0.05, 0.1) is 0 Å². The van der Waals surface area contributed by atoms with Gasteiger partial charge in [-0.05, 0) is 44.9 Å². The number of carbonyl (C=O) groups is 3. The third-order valence-corrected chi connectivity index (χ3v) is 17.4. The summed E-state index contributed by atoms with van der Waals surface area (Å²) < 4.78 is 17.0. The molecule has 0 aromatic carbocycles. The zero-order valence-electron chi connectivity index (χ0n) is 56.5. The molecule has 0 saturated heterocycles. The molecule has 6 heteroatoms. The topological polar surface area (TPSA) is 78.9 Å². The Morgan fingerprint density at radius 2 is 0.458 bits per heavy atom. The van der Waals surface area contributed by atoms with Gasteiger partial charge in [-0.3, -0.25) is 14.4 Å². The molecule has 0 aromatic rings. The first kappa shape index (κ1) is 80.9. The first-order valence-electron chi connectivity index (χ1n) is 37.8. The number of allylic oxidation sites excluding steroid dienone is 4. The van der Waals surface area contributed by atoms with Crippen molar-refractivity contribution in [1.82, 2.24) is 0 Å². The zero-order chi connectivity index (χ0) is 59.9. The van der Waals surface area contributed by atoms with E-state index >= 15 is 0 Å². The van der Waals surface area contributed by atoms with Crippen LogP contribution >= 0.6 is 0 Å². The fraction of sp³-hybridized carbons (Fsp3) is 0.909. The standard InChI is InChI=1S/C77H146O6/c1-4-7-10-13-16-19-22-25-27-29-30-31-32-33-34-35-36-37-38-39-40-41-42-43-44-45-46-48-49-52-55-58-61-64-67-70-76(79)82-73-74(72-81-75(78)69-66-63-60-57-54-51-24-21-18-15-12-9-6-3)83-77(80)71-68-65-62-59-56-53-50-47-28-26-23-20-17-14-11-8-5-2/h12,15,21,24,74H,4-11,13-14,16-20,22-23,25-73H2,1-3H3/b15-12-,24-21-. The van der Waals surface area contributed by atoms with Gasteiger partial charge in [-0.25, -0.2) is 0 Å². The van der Waals surface area contributed by atoms with Crippen LogP contribution in [0, 0.1) is 0 Å². The van der Waals surface area contributed by atoms with Crippen molar-refractivity contribution >= 4 is 17.9 Å². The Morgan fingerprint density at radius 3 is 0.711 bits per heavy atom. The molecule has 0 heterocycles. The Hall–Kier alpha value is -2.11. The number of hydrogen-bond acceptors (Lipinski definition) is 6. The molecule has 0 fully saturated rings. The maximum absolute atomic E-state index is 12.9. The van der Waals surface area contributed by atoms with Crippen LogP contribution in [0.2, 0.25) is 0 Å². The molecule has 0 saturated carbocycles. The highest BCUT2D eigenvalue weighted by Crippen LogP contribution is 2.20. The molecule has 0 radical (unpaired) electrons. The van der Waals surface area contributed by atoms with E-state index in [4.69, 9.17) is 14.2 Å². The van der Waals surface area contributed by atoms with Crippen molar-refractivity contribution in [2.24, 2.45) is 0 Å². The molecule has 0 amide bonds. The number of ether oxygens (including phenoxy) is 3. The number of rotatable bonds is 71. The normalized spacial score (nSPS) is 12.1. The lowest BCUT2D eigenvalue weighted by Gasteiger charge is -2.18. The van der Waals surface area contributed by atoms with Gasteiger partial charge in [0.25, 0.3) is 0 Å². The van der Waals surface area contributed by atoms with E-state index in [0.29, 0.717) is 19.3 Å². The van der Waals surface area contributed by atoms with E-state index in [1.54, 1.807) is 0 Å². The summed E-state index contributed by atoms with van der Waals surface area (Å²) in [4.78, 5) is 38.4. The van der Waals surface area contributed by atoms with E-state index < -0.39 is 6.10 Å². The second-order valence-electron chi connectivity index (χ2n) is 25.9. The molecular weight excluding hydrogens is 1020 g/mol. The summed E-state index contributed by atoms with van der Waals surface area (Å²) in [5, 5.41) is 0. The average Bonchev–Trinajstić information content (AvgIpc) is 3.49. The highest BCUT2D eigenvalue weighted by molar-refractivity contribution is 5.71. The molecule has 490 valence electrons. The first-order valence-corrected chi connectivity index (χ1v) is 37.8. The van der Waals surface area contributed by atoms with Gasteiger partial charge in [0.15, 0.2) is 6.10 Å². The SMILES string of the molecule is CCC/C=C\C/C=C\CCCCCCCC(=O)OCC(COC(=O)CCCCCCCCCCCCCCCCCCCCCCCCCCCCCCCCCCCCC)OC(=O)CCCCCCCCCCCCCCCCCCC. The molecule has 0 aliphatic heterocycles. The molecule has 83 heavy (non-hydrogen) atoms. The minimum absolute atomic E-state index is 0.0694. The van der Waals surface area contributed by atoms with Crippen molar-refractivity contribution in [2.75, 3.05) is 13.2 Å². The summed E-state index contributed by atoms with van der Waals surface area (Å²) in [7, 11) is 0. The number of carbonyl (C=O) groups excluding carboxylic acids is 3. The van der Waals surface area contributed by atoms with E-state index in [1.165, 1.54) is 308 Å². The van der Waals surface area contributed by atoms with Crippen LogP contribution in [0.1, 0.15) is 432 Å². The lowest BCUT2D eigenvalue weighted by molar-refractivity contribution is -0.167. The summed E-state index contributed by atoms with van der Waals surface area (Å²) in [5.41, 5.74) is 0. The Kier molecular flexibility index (Phi) is 70.5. The van der Waals surface area contributed by atoms with Crippen LogP contribution in [0.3, 0.4) is 0 Å². The molecule has 0 rings (SSSR count). The van der Waals surface area contributed by atoms with Crippen LogP contribution in [0.15, 0.2) is 24.3 Å².